The van der Waals surface area contributed by atoms with Crippen molar-refractivity contribution in [1.29, 1.82) is 0 Å². The van der Waals surface area contributed by atoms with Gasteiger partial charge in [-0.2, -0.15) is 54.8 Å². The Kier molecular flexibility index (Phi) is 18.2. The molecule has 3 amide bonds. The van der Waals surface area contributed by atoms with E-state index in [1.807, 2.05) is 11.8 Å². The number of H-pyrrole nitrogens is 3. The molecule has 468 valence electrons. The molecule has 89 heavy (non-hydrogen) atoms. The van der Waals surface area contributed by atoms with Gasteiger partial charge in [0.05, 0.1) is 33.8 Å². The van der Waals surface area contributed by atoms with Gasteiger partial charge < -0.3 is 46.2 Å². The van der Waals surface area contributed by atoms with E-state index in [9.17, 15) is 53.9 Å². The fourth-order valence-electron chi connectivity index (χ4n) is 10.4. The van der Waals surface area contributed by atoms with E-state index in [1.54, 1.807) is 60.3 Å². The highest BCUT2D eigenvalue weighted by atomic mass is 19.4. The molecule has 0 aromatic carbocycles. The lowest BCUT2D eigenvalue weighted by Crippen LogP contribution is -2.57. The molecule has 3 saturated heterocycles. The first-order valence-corrected chi connectivity index (χ1v) is 27.8. The zero-order valence-corrected chi connectivity index (χ0v) is 47.9. The summed E-state index contributed by atoms with van der Waals surface area (Å²) >= 11 is 0. The molecular weight excluding hydrogens is 1190 g/mol. The SMILES string of the molecule is CCNC(=O)C1CN(c2ccc(C(F)(F)F)c(-c3[nH]nc4ncccc34)n2)CCN1.CN(C)C(=O)C1CN(c2ccc(C(F)(F)F)c(-c3[nH]nc4ncccc34)n2)CCN1.CNC(=O)C1CN(c2ccc(C(F)(F)F)c(-c3[nH]nc4ncccc34)n2)CCN1. The maximum absolute atomic E-state index is 13.7. The van der Waals surface area contributed by atoms with Crippen molar-refractivity contribution in [1.82, 2.24) is 92.0 Å². The molecule has 9 aromatic heterocycles. The van der Waals surface area contributed by atoms with Gasteiger partial charge in [0.1, 0.15) is 52.7 Å². The van der Waals surface area contributed by atoms with Crippen molar-refractivity contribution in [2.45, 2.75) is 43.6 Å². The molecular formula is C56H58F9N21O3. The second-order valence-electron chi connectivity index (χ2n) is 20.7. The zero-order chi connectivity index (χ0) is 63.4. The van der Waals surface area contributed by atoms with Crippen LogP contribution in [0.4, 0.5) is 57.0 Å². The number of aromatic amines is 3. The number of rotatable bonds is 10. The van der Waals surface area contributed by atoms with Gasteiger partial charge in [0, 0.05) is 121 Å². The molecule has 0 saturated carbocycles. The van der Waals surface area contributed by atoms with Crippen LogP contribution in [0.15, 0.2) is 91.4 Å². The first-order valence-electron chi connectivity index (χ1n) is 27.8. The summed E-state index contributed by atoms with van der Waals surface area (Å²) in [7, 11) is 4.86. The molecule has 8 N–H and O–H groups in total. The number of piperazine rings is 3. The minimum Gasteiger partial charge on any atom is -0.358 e. The number of carbonyl (C=O) groups excluding carboxylic acids is 3. The van der Waals surface area contributed by atoms with Crippen molar-refractivity contribution >= 4 is 68.3 Å². The highest BCUT2D eigenvalue weighted by Crippen LogP contribution is 2.42. The molecule has 24 nitrogen and oxygen atoms in total. The molecule has 9 aromatic rings. The monoisotopic (exact) mass is 1240 g/mol. The standard InChI is InChI=1S/2C19H20F3N7O.C18H18F3N7O/c1-28(2)18(30)13-10-29(9-8-23-13)14-6-5-12(19(20,21)22)16(25-14)15-11-4-3-7-24-17(11)27-26-15;1-2-23-18(30)13-10-29(9-8-24-13)14-6-5-12(19(20,21)22)16(26-14)15-11-4-3-7-25-17(11)28-27-15;1-22-17(29)12-9-28(8-7-23-12)13-5-4-11(18(19,20)21)15(25-13)14-10-3-2-6-24-16(10)27-26-14/h3-7,13,23H,8-10H2,1-2H3,(H,24,26,27);3-7,13,24H,2,8-10H2,1H3,(H,23,30)(H,25,27,28);2-6,12,23H,7-9H2,1H3,(H,22,29)(H,24,26,27). The van der Waals surface area contributed by atoms with Crippen LogP contribution < -0.4 is 41.3 Å². The van der Waals surface area contributed by atoms with Crippen molar-refractivity contribution in [2.75, 3.05) is 101 Å². The van der Waals surface area contributed by atoms with Gasteiger partial charge in [-0.25, -0.2) is 29.9 Å². The van der Waals surface area contributed by atoms with Crippen LogP contribution in [0.3, 0.4) is 0 Å². The minimum absolute atomic E-state index is 0.0996. The van der Waals surface area contributed by atoms with Gasteiger partial charge in [0.25, 0.3) is 0 Å². The fraction of sp³-hybridized carbons (Fsp3) is 0.357. The largest absolute Gasteiger partial charge is 0.418 e. The number of carbonyl (C=O) groups is 3. The van der Waals surface area contributed by atoms with Crippen LogP contribution in [0.2, 0.25) is 0 Å². The predicted molar refractivity (Wildman–Crippen MR) is 310 cm³/mol. The van der Waals surface area contributed by atoms with Gasteiger partial charge in [-0.15, -0.1) is 0 Å². The van der Waals surface area contributed by atoms with Gasteiger partial charge in [0.2, 0.25) is 17.7 Å². The lowest BCUT2D eigenvalue weighted by Gasteiger charge is -2.35. The van der Waals surface area contributed by atoms with Crippen molar-refractivity contribution in [3.05, 3.63) is 108 Å². The van der Waals surface area contributed by atoms with Crippen LogP contribution in [-0.4, -0.2) is 188 Å². The van der Waals surface area contributed by atoms with Crippen molar-refractivity contribution in [3.8, 4) is 34.2 Å². The summed E-state index contributed by atoms with van der Waals surface area (Å²) in [6.45, 7) is 6.29. The molecule has 3 unspecified atom stereocenters. The predicted octanol–water partition coefficient (Wildman–Crippen LogP) is 5.42. The van der Waals surface area contributed by atoms with E-state index in [0.717, 1.165) is 18.2 Å². The normalized spacial score (nSPS) is 17.4. The molecule has 3 atom stereocenters. The van der Waals surface area contributed by atoms with Crippen LogP contribution in [-0.2, 0) is 32.9 Å². The van der Waals surface area contributed by atoms with Crippen molar-refractivity contribution in [3.63, 3.8) is 0 Å². The minimum atomic E-state index is -4.59. The van der Waals surface area contributed by atoms with Crippen LogP contribution in [0.1, 0.15) is 23.6 Å². The number of pyridine rings is 6. The van der Waals surface area contributed by atoms with Gasteiger partial charge in [0.15, 0.2) is 16.9 Å². The summed E-state index contributed by atoms with van der Waals surface area (Å²) in [6.07, 6.45) is -9.22. The van der Waals surface area contributed by atoms with E-state index >= 15 is 0 Å². The number of amides is 3. The Morgan fingerprint density at radius 3 is 1.18 bits per heavy atom. The second-order valence-corrected chi connectivity index (χ2v) is 20.7. The Morgan fingerprint density at radius 2 is 0.854 bits per heavy atom. The molecule has 0 bridgehead atoms. The lowest BCUT2D eigenvalue weighted by molar-refractivity contribution is -0.138. The van der Waals surface area contributed by atoms with E-state index in [-0.39, 0.29) is 51.9 Å². The molecule has 3 fully saturated rings. The summed E-state index contributed by atoms with van der Waals surface area (Å²) in [5.41, 5.74) is -1.94. The number of aromatic nitrogens is 12. The molecule has 0 aliphatic carbocycles. The summed E-state index contributed by atoms with van der Waals surface area (Å²) in [6, 6.07) is 15.5. The number of hydrogen-bond donors (Lipinski definition) is 8. The lowest BCUT2D eigenvalue weighted by atomic mass is 10.1. The molecule has 3 aliphatic rings. The van der Waals surface area contributed by atoms with Gasteiger partial charge in [-0.3, -0.25) is 29.7 Å². The Hall–Kier alpha value is -9.63. The Balaban J connectivity index is 0.000000147. The van der Waals surface area contributed by atoms with Crippen molar-refractivity contribution in [2.24, 2.45) is 0 Å². The fourth-order valence-corrected chi connectivity index (χ4v) is 10.4. The molecule has 33 heteroatoms. The van der Waals surface area contributed by atoms with Crippen LogP contribution in [0.5, 0.6) is 0 Å². The zero-order valence-electron chi connectivity index (χ0n) is 47.9. The average molecular weight is 1240 g/mol. The Labute approximate surface area is 499 Å². The Morgan fingerprint density at radius 1 is 0.517 bits per heavy atom. The van der Waals surface area contributed by atoms with Gasteiger partial charge in [-0.05, 0) is 79.7 Å². The number of hydrogen-bond acceptors (Lipinski definition) is 18. The summed E-state index contributed by atoms with van der Waals surface area (Å²) in [5, 5.41) is 35.9. The highest BCUT2D eigenvalue weighted by Gasteiger charge is 2.40. The highest BCUT2D eigenvalue weighted by molar-refractivity contribution is 5.93. The topological polar surface area (TPSA) is 288 Å². The number of likely N-dealkylation sites (N-methyl/N-ethyl adjacent to an activating group) is 3. The summed E-state index contributed by atoms with van der Waals surface area (Å²) in [4.78, 5) is 68.5. The van der Waals surface area contributed by atoms with E-state index in [4.69, 9.17) is 0 Å². The van der Waals surface area contributed by atoms with Gasteiger partial charge in [-0.1, -0.05) is 0 Å². The van der Waals surface area contributed by atoms with E-state index in [1.165, 1.54) is 48.7 Å². The maximum atomic E-state index is 13.7. The van der Waals surface area contributed by atoms with Crippen LogP contribution in [0.25, 0.3) is 67.3 Å². The second kappa shape index (κ2) is 26.0. The number of nitrogens with zero attached hydrogens (tertiary/aromatic N) is 13. The summed E-state index contributed by atoms with van der Waals surface area (Å²) in [5.74, 6) is 0.642. The Bertz CT molecular complexity index is 4000. The number of nitrogens with one attached hydrogen (secondary N) is 8. The average Bonchev–Trinajstić information content (AvgIpc) is 3.20. The first-order chi connectivity index (χ1) is 42.5. The van der Waals surface area contributed by atoms with Gasteiger partial charge >= 0.3 is 18.5 Å². The molecule has 0 spiro atoms. The first kappa shape index (κ1) is 62.4. The third-order valence-electron chi connectivity index (χ3n) is 14.7. The molecule has 12 rings (SSSR count). The van der Waals surface area contributed by atoms with Crippen LogP contribution in [0, 0.1) is 0 Å². The molecule has 12 heterocycles. The molecule has 3 aliphatic heterocycles. The summed E-state index contributed by atoms with van der Waals surface area (Å²) < 4.78 is 123. The quantitative estimate of drug-likeness (QED) is 0.0793. The van der Waals surface area contributed by atoms with E-state index < -0.39 is 53.3 Å². The number of fused-ring (bicyclic) bond motifs is 3. The van der Waals surface area contributed by atoms with E-state index in [0.29, 0.717) is 116 Å². The van der Waals surface area contributed by atoms with E-state index in [2.05, 4.69) is 87.1 Å². The number of anilines is 3. The third-order valence-corrected chi connectivity index (χ3v) is 14.7. The maximum Gasteiger partial charge on any atom is 0.418 e. The van der Waals surface area contributed by atoms with Crippen molar-refractivity contribution < 1.29 is 53.9 Å². The number of alkyl halides is 9. The smallest absolute Gasteiger partial charge is 0.358 e. The van der Waals surface area contributed by atoms with Crippen LogP contribution >= 0.6 is 0 Å². The molecule has 0 radical (unpaired) electrons. The third kappa shape index (κ3) is 13.7. The number of halogens is 9.